The Morgan fingerprint density at radius 1 is 1.26 bits per heavy atom. The molecule has 0 radical (unpaired) electrons. The van der Waals surface area contributed by atoms with E-state index in [1.165, 1.54) is 6.07 Å². The Balaban J connectivity index is 1.88. The fourth-order valence-electron chi connectivity index (χ4n) is 2.36. The lowest BCUT2D eigenvalue weighted by atomic mass is 10.2. The van der Waals surface area contributed by atoms with Gasteiger partial charge in [-0.25, -0.2) is 4.98 Å². The molecular weight excluding hydrogens is 314 g/mol. The van der Waals surface area contributed by atoms with E-state index in [1.54, 1.807) is 41.2 Å². The molecule has 0 fully saturated rings. The first-order valence-electron chi connectivity index (χ1n) is 7.04. The van der Waals surface area contributed by atoms with Crippen molar-refractivity contribution in [1.82, 2.24) is 9.55 Å². The molecule has 6 heteroatoms. The van der Waals surface area contributed by atoms with Crippen LogP contribution in [-0.4, -0.2) is 15.5 Å². The molecule has 3 aromatic rings. The zero-order chi connectivity index (χ0) is 16.4. The van der Waals surface area contributed by atoms with E-state index in [-0.39, 0.29) is 17.9 Å². The molecule has 0 aliphatic rings. The van der Waals surface area contributed by atoms with E-state index in [9.17, 15) is 9.59 Å². The molecule has 5 nitrogen and oxygen atoms in total. The topological polar surface area (TPSA) is 64.0 Å². The van der Waals surface area contributed by atoms with Gasteiger partial charge in [0, 0.05) is 28.9 Å². The van der Waals surface area contributed by atoms with Crippen molar-refractivity contribution >= 4 is 34.2 Å². The van der Waals surface area contributed by atoms with Crippen LogP contribution in [0.3, 0.4) is 0 Å². The molecule has 2 aromatic heterocycles. The van der Waals surface area contributed by atoms with Crippen LogP contribution in [0.5, 0.6) is 0 Å². The summed E-state index contributed by atoms with van der Waals surface area (Å²) in [6.45, 7) is 2.00. The minimum Gasteiger partial charge on any atom is -0.338 e. The number of rotatable bonds is 3. The van der Waals surface area contributed by atoms with Gasteiger partial charge < -0.3 is 9.88 Å². The number of carbonyl (C=O) groups excluding carboxylic acids is 1. The summed E-state index contributed by atoms with van der Waals surface area (Å²) in [6, 6.07) is 10.1. The molecule has 0 saturated carbocycles. The fraction of sp³-hybridized carbons (Fsp3) is 0.118. The lowest BCUT2D eigenvalue weighted by molar-refractivity contribution is -0.116. The maximum atomic E-state index is 12.2. The number of hydrogen-bond acceptors (Lipinski definition) is 3. The number of carbonyl (C=O) groups is 1. The number of nitrogens with one attached hydrogen (secondary N) is 1. The molecular formula is C17H14ClN3O2. The number of pyridine rings is 2. The highest BCUT2D eigenvalue weighted by molar-refractivity contribution is 6.31. The average molecular weight is 328 g/mol. The Bertz CT molecular complexity index is 950. The van der Waals surface area contributed by atoms with Crippen molar-refractivity contribution in [2.75, 3.05) is 5.32 Å². The van der Waals surface area contributed by atoms with Crippen LogP contribution in [0.1, 0.15) is 5.56 Å². The van der Waals surface area contributed by atoms with E-state index >= 15 is 0 Å². The summed E-state index contributed by atoms with van der Waals surface area (Å²) < 4.78 is 1.71. The molecule has 116 valence electrons. The molecule has 1 aromatic carbocycles. The molecule has 2 heterocycles. The van der Waals surface area contributed by atoms with Crippen LogP contribution in [0.2, 0.25) is 5.02 Å². The van der Waals surface area contributed by atoms with Crippen LogP contribution in [-0.2, 0) is 11.3 Å². The van der Waals surface area contributed by atoms with Crippen LogP contribution in [0, 0.1) is 6.92 Å². The van der Waals surface area contributed by atoms with Gasteiger partial charge in [-0.05, 0) is 42.8 Å². The predicted octanol–water partition coefficient (Wildman–Crippen LogP) is 3.00. The summed E-state index contributed by atoms with van der Waals surface area (Å²) in [5.74, 6) is 0.284. The minimum absolute atomic E-state index is 0.0774. The predicted molar refractivity (Wildman–Crippen MR) is 90.8 cm³/mol. The highest BCUT2D eigenvalue weighted by atomic mass is 35.5. The first-order valence-corrected chi connectivity index (χ1v) is 7.42. The standard InChI is InChI=1S/C17H14ClN3O2/c1-11-4-6-19-16(8-11)20-17(23)10-21-7-5-15(22)13-9-12(18)2-3-14(13)21/h2-9H,10H2,1H3,(H,19,20,23). The number of halogens is 1. The van der Waals surface area contributed by atoms with Crippen molar-refractivity contribution in [3.8, 4) is 0 Å². The molecule has 1 N–H and O–H groups in total. The van der Waals surface area contributed by atoms with Gasteiger partial charge in [0.15, 0.2) is 5.43 Å². The van der Waals surface area contributed by atoms with Gasteiger partial charge in [0.1, 0.15) is 12.4 Å². The number of aryl methyl sites for hydroxylation is 1. The minimum atomic E-state index is -0.219. The number of nitrogens with zero attached hydrogens (tertiary/aromatic N) is 2. The van der Waals surface area contributed by atoms with Crippen LogP contribution in [0.25, 0.3) is 10.9 Å². The molecule has 3 rings (SSSR count). The summed E-state index contributed by atoms with van der Waals surface area (Å²) in [5.41, 5.74) is 1.55. The van der Waals surface area contributed by atoms with Crippen molar-refractivity contribution in [3.05, 3.63) is 69.6 Å². The largest absolute Gasteiger partial charge is 0.338 e. The van der Waals surface area contributed by atoms with Crippen LogP contribution < -0.4 is 10.7 Å². The molecule has 0 saturated heterocycles. The Morgan fingerprint density at radius 3 is 2.87 bits per heavy atom. The molecule has 23 heavy (non-hydrogen) atoms. The summed E-state index contributed by atoms with van der Waals surface area (Å²) in [7, 11) is 0. The number of hydrogen-bond donors (Lipinski definition) is 1. The van der Waals surface area contributed by atoms with E-state index in [0.717, 1.165) is 5.56 Å². The lowest BCUT2D eigenvalue weighted by Gasteiger charge is -2.11. The third-order valence-corrected chi connectivity index (χ3v) is 3.67. The molecule has 0 aliphatic carbocycles. The van der Waals surface area contributed by atoms with E-state index in [4.69, 9.17) is 11.6 Å². The molecule has 0 aliphatic heterocycles. The second kappa shape index (κ2) is 6.22. The molecule has 0 atom stereocenters. The highest BCUT2D eigenvalue weighted by Gasteiger charge is 2.08. The van der Waals surface area contributed by atoms with Gasteiger partial charge in [-0.1, -0.05) is 11.6 Å². The van der Waals surface area contributed by atoms with Gasteiger partial charge in [0.25, 0.3) is 0 Å². The Morgan fingerprint density at radius 2 is 2.09 bits per heavy atom. The number of aromatic nitrogens is 2. The molecule has 0 unspecified atom stereocenters. The van der Waals surface area contributed by atoms with Crippen molar-refractivity contribution < 1.29 is 4.79 Å². The van der Waals surface area contributed by atoms with Gasteiger partial charge in [-0.2, -0.15) is 0 Å². The molecule has 1 amide bonds. The zero-order valence-electron chi connectivity index (χ0n) is 12.4. The highest BCUT2D eigenvalue weighted by Crippen LogP contribution is 2.16. The summed E-state index contributed by atoms with van der Waals surface area (Å²) >= 11 is 5.94. The van der Waals surface area contributed by atoms with Crippen LogP contribution >= 0.6 is 11.6 Å². The first-order chi connectivity index (χ1) is 11.0. The smallest absolute Gasteiger partial charge is 0.245 e. The zero-order valence-corrected chi connectivity index (χ0v) is 13.2. The third-order valence-electron chi connectivity index (χ3n) is 3.44. The first kappa shape index (κ1) is 15.2. The van der Waals surface area contributed by atoms with Crippen molar-refractivity contribution in [1.29, 1.82) is 0 Å². The number of amides is 1. The van der Waals surface area contributed by atoms with Crippen LogP contribution in [0.15, 0.2) is 53.6 Å². The van der Waals surface area contributed by atoms with Crippen LogP contribution in [0.4, 0.5) is 5.82 Å². The number of fused-ring (bicyclic) bond motifs is 1. The second-order valence-corrected chi connectivity index (χ2v) is 5.67. The maximum absolute atomic E-state index is 12.2. The monoisotopic (exact) mass is 327 g/mol. The number of anilines is 1. The second-order valence-electron chi connectivity index (χ2n) is 5.24. The van der Waals surface area contributed by atoms with Crippen molar-refractivity contribution in [3.63, 3.8) is 0 Å². The molecule has 0 bridgehead atoms. The number of benzene rings is 1. The normalized spacial score (nSPS) is 10.7. The maximum Gasteiger partial charge on any atom is 0.245 e. The quantitative estimate of drug-likeness (QED) is 0.804. The van der Waals surface area contributed by atoms with Crippen molar-refractivity contribution in [2.45, 2.75) is 13.5 Å². The Hall–Kier alpha value is -2.66. The third kappa shape index (κ3) is 3.40. The molecule has 0 spiro atoms. The lowest BCUT2D eigenvalue weighted by Crippen LogP contribution is -2.20. The SMILES string of the molecule is Cc1ccnc(NC(=O)Cn2ccc(=O)c3cc(Cl)ccc32)c1. The van der Waals surface area contributed by atoms with Gasteiger partial charge >= 0.3 is 0 Å². The Labute approximate surface area is 137 Å². The summed E-state index contributed by atoms with van der Waals surface area (Å²) in [6.07, 6.45) is 3.24. The van der Waals surface area contributed by atoms with E-state index in [1.807, 2.05) is 13.0 Å². The van der Waals surface area contributed by atoms with Gasteiger partial charge in [0.05, 0.1) is 5.52 Å². The van der Waals surface area contributed by atoms with Gasteiger partial charge in [0.2, 0.25) is 5.91 Å². The van der Waals surface area contributed by atoms with Gasteiger partial charge in [-0.15, -0.1) is 0 Å². The summed E-state index contributed by atoms with van der Waals surface area (Å²) in [4.78, 5) is 28.2. The fourth-order valence-corrected chi connectivity index (χ4v) is 2.54. The van der Waals surface area contributed by atoms with Crippen molar-refractivity contribution in [2.24, 2.45) is 0 Å². The van der Waals surface area contributed by atoms with E-state index in [0.29, 0.717) is 21.7 Å². The van der Waals surface area contributed by atoms with E-state index < -0.39 is 0 Å². The van der Waals surface area contributed by atoms with E-state index in [2.05, 4.69) is 10.3 Å². The van der Waals surface area contributed by atoms with Gasteiger partial charge in [-0.3, -0.25) is 9.59 Å². The Kier molecular flexibility index (Phi) is 4.12. The summed E-state index contributed by atoms with van der Waals surface area (Å²) in [5, 5.41) is 3.72. The average Bonchev–Trinajstić information content (AvgIpc) is 2.50.